The maximum atomic E-state index is 4.03. The van der Waals surface area contributed by atoms with Crippen LogP contribution in [-0.4, -0.2) is 6.54 Å². The van der Waals surface area contributed by atoms with Gasteiger partial charge in [-0.15, -0.1) is 0 Å². The molecule has 0 spiro atoms. The summed E-state index contributed by atoms with van der Waals surface area (Å²) in [6, 6.07) is 0. The predicted octanol–water partition coefficient (Wildman–Crippen LogP) is 6.64. The summed E-state index contributed by atoms with van der Waals surface area (Å²) in [5.41, 5.74) is 5.62. The van der Waals surface area contributed by atoms with Crippen molar-refractivity contribution in [3.63, 3.8) is 0 Å². The van der Waals surface area contributed by atoms with Crippen molar-refractivity contribution in [2.24, 2.45) is 5.41 Å². The highest BCUT2D eigenvalue weighted by molar-refractivity contribution is 5.37. The Hall–Kier alpha value is -1.76. The molecule has 0 aliphatic heterocycles. The van der Waals surface area contributed by atoms with Crippen LogP contribution in [0.4, 0.5) is 0 Å². The molecule has 0 heterocycles. The Bertz CT molecular complexity index is 565. The number of allylic oxidation sites excluding steroid dienone is 10. The molecule has 1 aliphatic rings. The minimum atomic E-state index is 0.305. The second-order valence-corrected chi connectivity index (χ2v) is 7.40. The first-order chi connectivity index (χ1) is 11.4. The van der Waals surface area contributed by atoms with Gasteiger partial charge in [0.25, 0.3) is 0 Å². The summed E-state index contributed by atoms with van der Waals surface area (Å²) < 4.78 is 0. The van der Waals surface area contributed by atoms with Crippen molar-refractivity contribution in [2.75, 3.05) is 6.54 Å². The lowest BCUT2D eigenvalue weighted by Crippen LogP contribution is -2.19. The molecule has 0 aromatic rings. The van der Waals surface area contributed by atoms with Crippen LogP contribution in [-0.2, 0) is 0 Å². The molecule has 0 aromatic carbocycles. The molecule has 1 aliphatic carbocycles. The molecule has 0 saturated carbocycles. The van der Waals surface area contributed by atoms with Crippen LogP contribution in [0.2, 0.25) is 0 Å². The Morgan fingerprint density at radius 1 is 1.25 bits per heavy atom. The Morgan fingerprint density at radius 3 is 2.67 bits per heavy atom. The maximum absolute atomic E-state index is 4.03. The summed E-state index contributed by atoms with van der Waals surface area (Å²) >= 11 is 0. The van der Waals surface area contributed by atoms with Crippen LogP contribution in [0.3, 0.4) is 0 Å². The third-order valence-electron chi connectivity index (χ3n) is 4.53. The zero-order valence-electron chi connectivity index (χ0n) is 16.3. The van der Waals surface area contributed by atoms with Crippen LogP contribution in [0.25, 0.3) is 0 Å². The van der Waals surface area contributed by atoms with Gasteiger partial charge in [0.1, 0.15) is 0 Å². The second-order valence-electron chi connectivity index (χ2n) is 7.40. The molecular weight excluding hydrogens is 290 g/mol. The van der Waals surface area contributed by atoms with Crippen LogP contribution < -0.4 is 5.32 Å². The van der Waals surface area contributed by atoms with Crippen molar-refractivity contribution >= 4 is 0 Å². The first-order valence-electron chi connectivity index (χ1n) is 9.19. The molecule has 132 valence electrons. The van der Waals surface area contributed by atoms with E-state index in [2.05, 4.69) is 70.8 Å². The van der Waals surface area contributed by atoms with Crippen LogP contribution in [0.1, 0.15) is 60.3 Å². The Morgan fingerprint density at radius 2 is 2.00 bits per heavy atom. The molecule has 0 atom stereocenters. The summed E-state index contributed by atoms with van der Waals surface area (Å²) in [4.78, 5) is 0. The predicted molar refractivity (Wildman–Crippen MR) is 109 cm³/mol. The first-order valence-corrected chi connectivity index (χ1v) is 9.19. The molecule has 0 unspecified atom stereocenters. The molecule has 0 bridgehead atoms. The minimum Gasteiger partial charge on any atom is -0.391 e. The van der Waals surface area contributed by atoms with Crippen LogP contribution in [0.5, 0.6) is 0 Å². The van der Waals surface area contributed by atoms with E-state index in [0.29, 0.717) is 5.41 Å². The van der Waals surface area contributed by atoms with E-state index in [1.54, 1.807) is 5.57 Å². The largest absolute Gasteiger partial charge is 0.391 e. The highest BCUT2D eigenvalue weighted by Crippen LogP contribution is 2.40. The summed E-state index contributed by atoms with van der Waals surface area (Å²) in [6.07, 6.45) is 19.7. The van der Waals surface area contributed by atoms with Gasteiger partial charge < -0.3 is 5.32 Å². The highest BCUT2D eigenvalue weighted by Gasteiger charge is 2.26. The van der Waals surface area contributed by atoms with Crippen molar-refractivity contribution in [3.8, 4) is 0 Å². The molecule has 0 aromatic heterocycles. The van der Waals surface area contributed by atoms with Gasteiger partial charge in [-0.3, -0.25) is 0 Å². The van der Waals surface area contributed by atoms with E-state index in [9.17, 15) is 0 Å². The number of hydrogen-bond donors (Lipinski definition) is 1. The second kappa shape index (κ2) is 10.2. The molecular formula is C23H35N. The van der Waals surface area contributed by atoms with Crippen molar-refractivity contribution in [1.82, 2.24) is 5.32 Å². The summed E-state index contributed by atoms with van der Waals surface area (Å²) in [5, 5.41) is 3.23. The van der Waals surface area contributed by atoms with Gasteiger partial charge in [0.15, 0.2) is 0 Å². The topological polar surface area (TPSA) is 12.0 Å². The Labute approximate surface area is 149 Å². The molecule has 1 rings (SSSR count). The van der Waals surface area contributed by atoms with Crippen molar-refractivity contribution in [3.05, 3.63) is 71.5 Å². The molecule has 1 heteroatoms. The van der Waals surface area contributed by atoms with E-state index in [1.165, 1.54) is 30.4 Å². The molecule has 24 heavy (non-hydrogen) atoms. The fraction of sp³-hybridized carbons (Fsp3) is 0.478. The summed E-state index contributed by atoms with van der Waals surface area (Å²) in [6.45, 7) is 16.3. The van der Waals surface area contributed by atoms with Crippen molar-refractivity contribution in [2.45, 2.75) is 60.3 Å². The fourth-order valence-electron chi connectivity index (χ4n) is 3.05. The van der Waals surface area contributed by atoms with Gasteiger partial charge in [0, 0.05) is 6.54 Å². The molecule has 0 saturated heterocycles. The van der Waals surface area contributed by atoms with Gasteiger partial charge in [-0.25, -0.2) is 0 Å². The summed E-state index contributed by atoms with van der Waals surface area (Å²) in [5.74, 6) is 0. The lowest BCUT2D eigenvalue weighted by atomic mass is 9.72. The van der Waals surface area contributed by atoms with Gasteiger partial charge >= 0.3 is 0 Å². The quantitative estimate of drug-likeness (QED) is 0.389. The van der Waals surface area contributed by atoms with E-state index in [0.717, 1.165) is 18.5 Å². The van der Waals surface area contributed by atoms with E-state index in [-0.39, 0.29) is 0 Å². The Kier molecular flexibility index (Phi) is 8.60. The number of hydrogen-bond acceptors (Lipinski definition) is 1. The van der Waals surface area contributed by atoms with Gasteiger partial charge in [-0.1, -0.05) is 68.9 Å². The maximum Gasteiger partial charge on any atom is 0.0138 e. The average molecular weight is 326 g/mol. The number of nitrogens with one attached hydrogen (secondary N) is 1. The van der Waals surface area contributed by atoms with Crippen LogP contribution in [0, 0.1) is 5.41 Å². The molecule has 0 fully saturated rings. The van der Waals surface area contributed by atoms with E-state index in [1.807, 2.05) is 18.4 Å². The monoisotopic (exact) mass is 325 g/mol. The van der Waals surface area contributed by atoms with Gasteiger partial charge in [-0.2, -0.15) is 0 Å². The molecule has 1 nitrogen and oxygen atoms in total. The zero-order chi connectivity index (χ0) is 18.0. The number of rotatable bonds is 8. The third-order valence-corrected chi connectivity index (χ3v) is 4.53. The SMILES string of the molecule is C=C(/C=C\NCCC)/C=C/C=C(C)/C=C/C1=C(C)CCCC1(C)C. The smallest absolute Gasteiger partial charge is 0.0138 e. The van der Waals surface area contributed by atoms with E-state index in [4.69, 9.17) is 0 Å². The Balaban J connectivity index is 2.62. The van der Waals surface area contributed by atoms with E-state index >= 15 is 0 Å². The lowest BCUT2D eigenvalue weighted by molar-refractivity contribution is 0.377. The summed E-state index contributed by atoms with van der Waals surface area (Å²) in [7, 11) is 0. The van der Waals surface area contributed by atoms with Gasteiger partial charge in [-0.05, 0) is 68.4 Å². The normalized spacial score (nSPS) is 19.0. The lowest BCUT2D eigenvalue weighted by Gasteiger charge is -2.32. The molecule has 1 N–H and O–H groups in total. The fourth-order valence-corrected chi connectivity index (χ4v) is 3.05. The highest BCUT2D eigenvalue weighted by atomic mass is 14.8. The minimum absolute atomic E-state index is 0.305. The molecule has 0 amide bonds. The van der Waals surface area contributed by atoms with Crippen molar-refractivity contribution < 1.29 is 0 Å². The zero-order valence-corrected chi connectivity index (χ0v) is 16.3. The molecule has 0 radical (unpaired) electrons. The van der Waals surface area contributed by atoms with Crippen LogP contribution >= 0.6 is 0 Å². The standard InChI is InChI=1S/C23H35N/c1-7-17-24-18-15-20(3)11-8-10-19(2)13-14-22-21(4)12-9-16-23(22,5)6/h8,10-11,13-15,18,24H,3,7,9,12,16-17H2,1-2,4-6H3/b11-8+,14-13+,18-15-,19-10+. The van der Waals surface area contributed by atoms with Gasteiger partial charge in [0.05, 0.1) is 0 Å². The van der Waals surface area contributed by atoms with Gasteiger partial charge in [0.2, 0.25) is 0 Å². The van der Waals surface area contributed by atoms with Crippen LogP contribution in [0.15, 0.2) is 71.5 Å². The van der Waals surface area contributed by atoms with E-state index < -0.39 is 0 Å². The third kappa shape index (κ3) is 7.21. The van der Waals surface area contributed by atoms with Crippen molar-refractivity contribution in [1.29, 1.82) is 0 Å². The first kappa shape index (κ1) is 20.3. The average Bonchev–Trinajstić information content (AvgIpc) is 2.50.